The number of benzene rings is 4. The summed E-state index contributed by atoms with van der Waals surface area (Å²) in [5.41, 5.74) is 5.15. The van der Waals surface area contributed by atoms with Crippen LogP contribution in [-0.2, 0) is 0 Å². The molecule has 0 unspecified atom stereocenters. The van der Waals surface area contributed by atoms with E-state index in [4.69, 9.17) is 20.4 Å². The maximum atomic E-state index is 13.6. The zero-order valence-electron chi connectivity index (χ0n) is 21.8. The third-order valence-electron chi connectivity index (χ3n) is 6.76. The Bertz CT molecular complexity index is 1930. The molecule has 0 aliphatic heterocycles. The van der Waals surface area contributed by atoms with E-state index in [-0.39, 0.29) is 23.4 Å². The number of hydrogen-bond donors (Lipinski definition) is 2. The second-order valence-electron chi connectivity index (χ2n) is 9.49. The third-order valence-corrected chi connectivity index (χ3v) is 7.06. The van der Waals surface area contributed by atoms with E-state index in [2.05, 4.69) is 10.3 Å². The summed E-state index contributed by atoms with van der Waals surface area (Å²) in [5, 5.41) is 14.5. The van der Waals surface area contributed by atoms with E-state index in [1.54, 1.807) is 55.6 Å². The number of aromatic nitrogens is 1. The standard InChI is InChI=1S/C31H23ClFN3O4/c1-34-30(38)27-21-14-19(23(36(2)3)15-26(21)39-29(27)16-7-10-18(33)11-8-16)17-9-12-24(37)20(13-17)31-35-28-22(32)5-4-6-25(28)40-31/h4-15,37H,1-3H3,(H,34,38). The minimum atomic E-state index is -0.386. The fourth-order valence-electron chi connectivity index (χ4n) is 4.79. The Hall–Kier alpha value is -4.82. The molecular formula is C31H23ClFN3O4. The van der Waals surface area contributed by atoms with Gasteiger partial charge in [-0.1, -0.05) is 23.7 Å². The number of rotatable bonds is 5. The van der Waals surface area contributed by atoms with Gasteiger partial charge < -0.3 is 24.2 Å². The zero-order chi connectivity index (χ0) is 28.1. The summed E-state index contributed by atoms with van der Waals surface area (Å²) in [7, 11) is 5.35. The number of carbonyl (C=O) groups excluding carboxylic acids is 1. The van der Waals surface area contributed by atoms with Crippen LogP contribution in [-0.4, -0.2) is 37.1 Å². The van der Waals surface area contributed by atoms with Gasteiger partial charge in [0.2, 0.25) is 5.89 Å². The average Bonchev–Trinajstić information content (AvgIpc) is 3.55. The number of aromatic hydroxyl groups is 1. The molecule has 2 N–H and O–H groups in total. The van der Waals surface area contributed by atoms with Crippen molar-refractivity contribution in [2.75, 3.05) is 26.0 Å². The van der Waals surface area contributed by atoms with E-state index in [1.807, 2.05) is 31.1 Å². The second kappa shape index (κ2) is 9.73. The van der Waals surface area contributed by atoms with Crippen molar-refractivity contribution in [2.24, 2.45) is 0 Å². The smallest absolute Gasteiger partial charge is 0.255 e. The first kappa shape index (κ1) is 25.5. The predicted molar refractivity (Wildman–Crippen MR) is 154 cm³/mol. The molecule has 1 amide bonds. The molecule has 9 heteroatoms. The van der Waals surface area contributed by atoms with Crippen LogP contribution in [0.3, 0.4) is 0 Å². The molecule has 0 aliphatic rings. The van der Waals surface area contributed by atoms with Crippen molar-refractivity contribution in [1.82, 2.24) is 10.3 Å². The highest BCUT2D eigenvalue weighted by Gasteiger charge is 2.24. The van der Waals surface area contributed by atoms with E-state index >= 15 is 0 Å². The maximum absolute atomic E-state index is 13.6. The zero-order valence-corrected chi connectivity index (χ0v) is 22.5. The van der Waals surface area contributed by atoms with Crippen LogP contribution in [0.5, 0.6) is 5.75 Å². The van der Waals surface area contributed by atoms with Crippen LogP contribution in [0, 0.1) is 5.82 Å². The molecule has 0 fully saturated rings. The molecule has 0 saturated carbocycles. The van der Waals surface area contributed by atoms with Gasteiger partial charge >= 0.3 is 0 Å². The van der Waals surface area contributed by atoms with Crippen molar-refractivity contribution in [3.8, 4) is 39.7 Å². The lowest BCUT2D eigenvalue weighted by molar-refractivity contribution is 0.0964. The molecule has 2 aromatic heterocycles. The molecular weight excluding hydrogens is 533 g/mol. The monoisotopic (exact) mass is 555 g/mol. The molecule has 6 aromatic rings. The third kappa shape index (κ3) is 4.23. The Morgan fingerprint density at radius 1 is 0.950 bits per heavy atom. The summed E-state index contributed by atoms with van der Waals surface area (Å²) in [6.45, 7) is 0. The van der Waals surface area contributed by atoms with Crippen molar-refractivity contribution >= 4 is 45.3 Å². The van der Waals surface area contributed by atoms with Crippen molar-refractivity contribution in [2.45, 2.75) is 0 Å². The Kier molecular flexibility index (Phi) is 6.19. The minimum Gasteiger partial charge on any atom is -0.507 e. The largest absolute Gasteiger partial charge is 0.507 e. The summed E-state index contributed by atoms with van der Waals surface area (Å²) >= 11 is 6.29. The lowest BCUT2D eigenvalue weighted by Crippen LogP contribution is -2.18. The van der Waals surface area contributed by atoms with Gasteiger partial charge in [-0.15, -0.1) is 0 Å². The first-order valence-corrected chi connectivity index (χ1v) is 12.8. The number of carbonyl (C=O) groups is 1. The molecule has 0 radical (unpaired) electrons. The van der Waals surface area contributed by atoms with Gasteiger partial charge in [-0.3, -0.25) is 4.79 Å². The number of hydrogen-bond acceptors (Lipinski definition) is 6. The van der Waals surface area contributed by atoms with Gasteiger partial charge in [0.15, 0.2) is 5.58 Å². The topological polar surface area (TPSA) is 91.7 Å². The van der Waals surface area contributed by atoms with E-state index in [9.17, 15) is 14.3 Å². The molecule has 4 aromatic carbocycles. The maximum Gasteiger partial charge on any atom is 0.255 e. The highest BCUT2D eigenvalue weighted by Crippen LogP contribution is 2.43. The highest BCUT2D eigenvalue weighted by atomic mass is 35.5. The SMILES string of the molecule is CNC(=O)c1c(-c2ccc(F)cc2)oc2cc(N(C)C)c(-c3ccc(O)c(-c4nc5c(Cl)cccc5o4)c3)cc12. The molecule has 0 atom stereocenters. The number of nitrogens with one attached hydrogen (secondary N) is 1. The second-order valence-corrected chi connectivity index (χ2v) is 9.90. The first-order chi connectivity index (χ1) is 19.2. The number of anilines is 1. The first-order valence-electron chi connectivity index (χ1n) is 12.4. The number of phenolic OH excluding ortho intramolecular Hbond substituents is 1. The Balaban J connectivity index is 1.58. The highest BCUT2D eigenvalue weighted by molar-refractivity contribution is 6.34. The number of oxazole rings is 1. The summed E-state index contributed by atoms with van der Waals surface area (Å²) in [4.78, 5) is 19.5. The Morgan fingerprint density at radius 2 is 1.70 bits per heavy atom. The molecule has 0 aliphatic carbocycles. The number of halogens is 2. The molecule has 7 nitrogen and oxygen atoms in total. The minimum absolute atomic E-state index is 0.00753. The van der Waals surface area contributed by atoms with Gasteiger partial charge in [0, 0.05) is 49.4 Å². The lowest BCUT2D eigenvalue weighted by atomic mass is 9.96. The van der Waals surface area contributed by atoms with Gasteiger partial charge in [-0.05, 0) is 60.2 Å². The molecule has 0 bridgehead atoms. The summed E-state index contributed by atoms with van der Waals surface area (Å²) in [6.07, 6.45) is 0. The number of phenols is 1. The molecule has 40 heavy (non-hydrogen) atoms. The molecule has 0 spiro atoms. The van der Waals surface area contributed by atoms with Crippen LogP contribution in [0.1, 0.15) is 10.4 Å². The summed E-state index contributed by atoms with van der Waals surface area (Å²) in [5.74, 6) is -0.167. The molecule has 2 heterocycles. The van der Waals surface area contributed by atoms with Gasteiger partial charge in [-0.2, -0.15) is 0 Å². The predicted octanol–water partition coefficient (Wildman–Crippen LogP) is 7.50. The van der Waals surface area contributed by atoms with E-state index < -0.39 is 0 Å². The van der Waals surface area contributed by atoms with Gasteiger partial charge in [0.25, 0.3) is 5.91 Å². The number of fused-ring (bicyclic) bond motifs is 2. The fourth-order valence-corrected chi connectivity index (χ4v) is 5.00. The normalized spacial score (nSPS) is 11.3. The van der Waals surface area contributed by atoms with Crippen molar-refractivity contribution in [1.29, 1.82) is 0 Å². The number of amides is 1. The van der Waals surface area contributed by atoms with Gasteiger partial charge in [0.05, 0.1) is 16.1 Å². The fraction of sp³-hybridized carbons (Fsp3) is 0.0968. The van der Waals surface area contributed by atoms with E-state index in [0.29, 0.717) is 49.5 Å². The van der Waals surface area contributed by atoms with Crippen LogP contribution in [0.4, 0.5) is 10.1 Å². The van der Waals surface area contributed by atoms with Crippen LogP contribution in [0.15, 0.2) is 81.6 Å². The number of furan rings is 1. The lowest BCUT2D eigenvalue weighted by Gasteiger charge is -2.18. The molecule has 0 saturated heterocycles. The van der Waals surface area contributed by atoms with E-state index in [0.717, 1.165) is 16.8 Å². The van der Waals surface area contributed by atoms with Crippen LogP contribution >= 0.6 is 11.6 Å². The summed E-state index contributed by atoms with van der Waals surface area (Å²) < 4.78 is 25.7. The summed E-state index contributed by atoms with van der Waals surface area (Å²) in [6, 6.07) is 19.9. The van der Waals surface area contributed by atoms with Crippen molar-refractivity contribution in [3.05, 3.63) is 89.2 Å². The van der Waals surface area contributed by atoms with E-state index in [1.165, 1.54) is 12.1 Å². The Labute approximate surface area is 233 Å². The Morgan fingerprint density at radius 3 is 2.40 bits per heavy atom. The van der Waals surface area contributed by atoms with Crippen LogP contribution in [0.25, 0.3) is 56.0 Å². The number of para-hydroxylation sites is 1. The number of nitrogens with zero attached hydrogens (tertiary/aromatic N) is 2. The molecule has 6 rings (SSSR count). The van der Waals surface area contributed by atoms with Crippen molar-refractivity contribution < 1.29 is 23.1 Å². The van der Waals surface area contributed by atoms with Crippen LogP contribution < -0.4 is 10.2 Å². The van der Waals surface area contributed by atoms with Gasteiger partial charge in [-0.25, -0.2) is 9.37 Å². The van der Waals surface area contributed by atoms with Crippen LogP contribution in [0.2, 0.25) is 5.02 Å². The molecule has 200 valence electrons. The van der Waals surface area contributed by atoms with Crippen molar-refractivity contribution in [3.63, 3.8) is 0 Å². The van der Waals surface area contributed by atoms with Gasteiger partial charge in [0.1, 0.15) is 28.4 Å². The average molecular weight is 556 g/mol. The quantitative estimate of drug-likeness (QED) is 0.229.